The lowest BCUT2D eigenvalue weighted by atomic mass is 10.1. The van der Waals surface area contributed by atoms with Crippen molar-refractivity contribution < 1.29 is 9.18 Å². The molecule has 1 aliphatic heterocycles. The number of benzene rings is 2. The molecule has 1 aliphatic carbocycles. The van der Waals surface area contributed by atoms with Crippen molar-refractivity contribution in [3.63, 3.8) is 0 Å². The van der Waals surface area contributed by atoms with Gasteiger partial charge in [-0.25, -0.2) is 9.07 Å². The van der Waals surface area contributed by atoms with Crippen LogP contribution in [0.3, 0.4) is 0 Å². The summed E-state index contributed by atoms with van der Waals surface area (Å²) in [4.78, 5) is 20.3. The third kappa shape index (κ3) is 5.10. The zero-order valence-corrected chi connectivity index (χ0v) is 22.1. The zero-order chi connectivity index (χ0) is 25.4. The second kappa shape index (κ2) is 10.4. The number of piperazine rings is 1. The van der Waals surface area contributed by atoms with Gasteiger partial charge in [-0.15, -0.1) is 0 Å². The van der Waals surface area contributed by atoms with Gasteiger partial charge in [0.2, 0.25) is 0 Å². The van der Waals surface area contributed by atoms with Gasteiger partial charge in [-0.2, -0.15) is 5.10 Å². The molecule has 2 aromatic carbocycles. The SMILES string of the molecule is CCN1CCN(c2c(CN(C(=O)c3ccc(Cl)c(Cl)c3)C3CC3)c(C)nn2-c2cccc(F)c2)CC1. The highest BCUT2D eigenvalue weighted by Gasteiger charge is 2.36. The molecule has 9 heteroatoms. The largest absolute Gasteiger partial charge is 0.354 e. The molecule has 2 fully saturated rings. The molecule has 190 valence electrons. The number of carbonyl (C=O) groups excluding carboxylic acids is 1. The highest BCUT2D eigenvalue weighted by atomic mass is 35.5. The predicted octanol–water partition coefficient (Wildman–Crippen LogP) is 5.57. The van der Waals surface area contributed by atoms with E-state index < -0.39 is 0 Å². The van der Waals surface area contributed by atoms with Gasteiger partial charge in [0.25, 0.3) is 5.91 Å². The van der Waals surface area contributed by atoms with Crippen LogP contribution in [0, 0.1) is 12.7 Å². The predicted molar refractivity (Wildman–Crippen MR) is 142 cm³/mol. The third-order valence-electron chi connectivity index (χ3n) is 7.07. The number of amides is 1. The molecule has 0 N–H and O–H groups in total. The Bertz CT molecular complexity index is 1270. The van der Waals surface area contributed by atoms with Gasteiger partial charge in [0.15, 0.2) is 0 Å². The van der Waals surface area contributed by atoms with E-state index in [4.69, 9.17) is 28.3 Å². The van der Waals surface area contributed by atoms with Crippen molar-refractivity contribution in [3.8, 4) is 5.69 Å². The van der Waals surface area contributed by atoms with Crippen LogP contribution in [0.15, 0.2) is 42.5 Å². The number of nitrogens with zero attached hydrogens (tertiary/aromatic N) is 5. The van der Waals surface area contributed by atoms with Crippen molar-refractivity contribution >= 4 is 34.9 Å². The van der Waals surface area contributed by atoms with Crippen LogP contribution in [0.5, 0.6) is 0 Å². The average molecular weight is 530 g/mol. The molecule has 1 aromatic heterocycles. The smallest absolute Gasteiger partial charge is 0.254 e. The Labute approximate surface area is 221 Å². The summed E-state index contributed by atoms with van der Waals surface area (Å²) in [6, 6.07) is 11.7. The van der Waals surface area contributed by atoms with Crippen molar-refractivity contribution in [3.05, 3.63) is 75.1 Å². The van der Waals surface area contributed by atoms with Crippen LogP contribution in [-0.4, -0.2) is 64.3 Å². The standard InChI is InChI=1S/C27H30Cl2FN5O/c1-3-32-11-13-33(14-12-32)26-23(18(2)31-35(26)22-6-4-5-20(30)16-22)17-34(21-8-9-21)27(36)19-7-10-24(28)25(29)15-19/h4-7,10,15-16,21H,3,8-9,11-14,17H2,1-2H3. The first-order valence-electron chi connectivity index (χ1n) is 12.4. The van der Waals surface area contributed by atoms with Crippen LogP contribution in [-0.2, 0) is 6.54 Å². The van der Waals surface area contributed by atoms with E-state index in [2.05, 4.69) is 16.7 Å². The van der Waals surface area contributed by atoms with E-state index in [0.29, 0.717) is 27.8 Å². The Morgan fingerprint density at radius 2 is 1.83 bits per heavy atom. The molecule has 36 heavy (non-hydrogen) atoms. The van der Waals surface area contributed by atoms with Crippen molar-refractivity contribution in [2.24, 2.45) is 0 Å². The molecule has 1 saturated carbocycles. The Balaban J connectivity index is 1.53. The second-order valence-corrected chi connectivity index (χ2v) is 10.3. The summed E-state index contributed by atoms with van der Waals surface area (Å²) in [5.41, 5.74) is 3.01. The molecule has 0 spiro atoms. The molecule has 6 nitrogen and oxygen atoms in total. The van der Waals surface area contributed by atoms with Crippen LogP contribution in [0.1, 0.15) is 41.4 Å². The maximum atomic E-state index is 14.2. The van der Waals surface area contributed by atoms with Crippen LogP contribution in [0.4, 0.5) is 10.2 Å². The van der Waals surface area contributed by atoms with Gasteiger partial charge in [0.1, 0.15) is 11.6 Å². The average Bonchev–Trinajstić information content (AvgIpc) is 3.67. The molecule has 2 heterocycles. The van der Waals surface area contributed by atoms with Crippen LogP contribution < -0.4 is 4.90 Å². The van der Waals surface area contributed by atoms with Gasteiger partial charge in [0.05, 0.1) is 28.0 Å². The van der Waals surface area contributed by atoms with E-state index in [0.717, 1.165) is 62.6 Å². The van der Waals surface area contributed by atoms with Crippen LogP contribution in [0.25, 0.3) is 5.69 Å². The number of carbonyl (C=O) groups is 1. The van der Waals surface area contributed by atoms with Crippen LogP contribution in [0.2, 0.25) is 10.0 Å². The molecule has 0 unspecified atom stereocenters. The van der Waals surface area contributed by atoms with E-state index in [1.807, 2.05) is 22.6 Å². The number of aromatic nitrogens is 2. The van der Waals surface area contributed by atoms with Crippen molar-refractivity contribution in [1.82, 2.24) is 19.6 Å². The lowest BCUT2D eigenvalue weighted by molar-refractivity contribution is 0.0730. The molecule has 5 rings (SSSR count). The Morgan fingerprint density at radius 1 is 1.08 bits per heavy atom. The van der Waals surface area contributed by atoms with Gasteiger partial charge in [-0.3, -0.25) is 4.79 Å². The quantitative estimate of drug-likeness (QED) is 0.401. The Morgan fingerprint density at radius 3 is 2.47 bits per heavy atom. The fourth-order valence-corrected chi connectivity index (χ4v) is 5.14. The first-order chi connectivity index (χ1) is 17.4. The van der Waals surface area contributed by atoms with Crippen molar-refractivity contribution in [1.29, 1.82) is 0 Å². The number of likely N-dealkylation sites (N-methyl/N-ethyl adjacent to an activating group) is 1. The first kappa shape index (κ1) is 25.1. The fraction of sp³-hybridized carbons (Fsp3) is 0.407. The number of halogens is 3. The van der Waals surface area contributed by atoms with Gasteiger partial charge < -0.3 is 14.7 Å². The van der Waals surface area contributed by atoms with Crippen LogP contribution >= 0.6 is 23.2 Å². The molecular formula is C27H30Cl2FN5O. The lowest BCUT2D eigenvalue weighted by Crippen LogP contribution is -2.47. The lowest BCUT2D eigenvalue weighted by Gasteiger charge is -2.36. The summed E-state index contributed by atoms with van der Waals surface area (Å²) < 4.78 is 16.0. The van der Waals surface area contributed by atoms with E-state index >= 15 is 0 Å². The maximum absolute atomic E-state index is 14.2. The van der Waals surface area contributed by atoms with E-state index in [9.17, 15) is 9.18 Å². The van der Waals surface area contributed by atoms with Crippen molar-refractivity contribution in [2.45, 2.75) is 39.3 Å². The number of aryl methyl sites for hydroxylation is 1. The summed E-state index contributed by atoms with van der Waals surface area (Å²) >= 11 is 12.3. The summed E-state index contributed by atoms with van der Waals surface area (Å²) in [6.07, 6.45) is 1.93. The van der Waals surface area contributed by atoms with E-state index in [1.165, 1.54) is 12.1 Å². The van der Waals surface area contributed by atoms with Gasteiger partial charge in [0, 0.05) is 43.3 Å². The Hall–Kier alpha value is -2.61. The zero-order valence-electron chi connectivity index (χ0n) is 20.6. The molecule has 0 atom stereocenters. The second-order valence-electron chi connectivity index (χ2n) is 9.49. The monoisotopic (exact) mass is 529 g/mol. The molecule has 2 aliphatic rings. The molecule has 3 aromatic rings. The highest BCUT2D eigenvalue weighted by Crippen LogP contribution is 2.35. The highest BCUT2D eigenvalue weighted by molar-refractivity contribution is 6.42. The fourth-order valence-electron chi connectivity index (χ4n) is 4.84. The number of anilines is 1. The third-order valence-corrected chi connectivity index (χ3v) is 7.81. The summed E-state index contributed by atoms with van der Waals surface area (Å²) in [6.45, 7) is 9.13. The first-order valence-corrected chi connectivity index (χ1v) is 13.2. The molecule has 0 bridgehead atoms. The van der Waals surface area contributed by atoms with Gasteiger partial charge in [-0.05, 0) is 62.7 Å². The molecule has 1 amide bonds. The normalized spacial score (nSPS) is 16.4. The maximum Gasteiger partial charge on any atom is 0.254 e. The van der Waals surface area contributed by atoms with Gasteiger partial charge in [-0.1, -0.05) is 36.2 Å². The molecular weight excluding hydrogens is 500 g/mol. The van der Waals surface area contributed by atoms with E-state index in [-0.39, 0.29) is 17.8 Å². The minimum atomic E-state index is -0.307. The minimum absolute atomic E-state index is 0.0734. The Kier molecular flexibility index (Phi) is 7.24. The topological polar surface area (TPSA) is 44.6 Å². The molecule has 1 saturated heterocycles. The number of rotatable bonds is 7. The minimum Gasteiger partial charge on any atom is -0.354 e. The van der Waals surface area contributed by atoms with E-state index in [1.54, 1.807) is 24.3 Å². The summed E-state index contributed by atoms with van der Waals surface area (Å²) in [7, 11) is 0. The number of hydrogen-bond acceptors (Lipinski definition) is 4. The van der Waals surface area contributed by atoms with Gasteiger partial charge >= 0.3 is 0 Å². The van der Waals surface area contributed by atoms with Crippen molar-refractivity contribution in [2.75, 3.05) is 37.6 Å². The summed E-state index contributed by atoms with van der Waals surface area (Å²) in [5.74, 6) is 0.551. The number of hydrogen-bond donors (Lipinski definition) is 0. The molecule has 0 radical (unpaired) electrons. The summed E-state index contributed by atoms with van der Waals surface area (Å²) in [5, 5.41) is 5.63.